The van der Waals surface area contributed by atoms with Gasteiger partial charge in [0.1, 0.15) is 5.52 Å². The van der Waals surface area contributed by atoms with Crippen molar-refractivity contribution in [3.8, 4) is 11.1 Å². The Labute approximate surface area is 176 Å². The van der Waals surface area contributed by atoms with Gasteiger partial charge in [-0.15, -0.1) is 10.2 Å². The van der Waals surface area contributed by atoms with E-state index >= 15 is 0 Å². The Balaban J connectivity index is 1.62. The van der Waals surface area contributed by atoms with Gasteiger partial charge in [-0.05, 0) is 37.1 Å². The molecule has 0 aliphatic carbocycles. The lowest BCUT2D eigenvalue weighted by molar-refractivity contribution is 0.101. The average Bonchev–Trinajstić information content (AvgIpc) is 3.12. The molecule has 31 heavy (non-hydrogen) atoms. The van der Waals surface area contributed by atoms with Crippen LogP contribution in [0.15, 0.2) is 71.7 Å². The van der Waals surface area contributed by atoms with Gasteiger partial charge in [0.2, 0.25) is 0 Å². The summed E-state index contributed by atoms with van der Waals surface area (Å²) in [6.45, 7) is 3.73. The molecule has 3 aromatic heterocycles. The van der Waals surface area contributed by atoms with Gasteiger partial charge in [0.05, 0.1) is 11.3 Å². The quantitative estimate of drug-likeness (QED) is 0.493. The molecule has 0 spiro atoms. The molecule has 2 aromatic carbocycles. The van der Waals surface area contributed by atoms with E-state index in [0.29, 0.717) is 16.7 Å². The first-order valence-corrected chi connectivity index (χ1v) is 9.74. The summed E-state index contributed by atoms with van der Waals surface area (Å²) in [5, 5.41) is 13.0. The summed E-state index contributed by atoms with van der Waals surface area (Å²) < 4.78 is 2.74. The Kier molecular flexibility index (Phi) is 4.32. The molecular weight excluding hydrogens is 392 g/mol. The summed E-state index contributed by atoms with van der Waals surface area (Å²) in [5.74, 6) is -0.380. The molecule has 0 saturated carbocycles. The number of pyridine rings is 1. The van der Waals surface area contributed by atoms with Gasteiger partial charge in [0.25, 0.3) is 11.5 Å². The van der Waals surface area contributed by atoms with Gasteiger partial charge in [0.15, 0.2) is 11.2 Å². The van der Waals surface area contributed by atoms with Crippen LogP contribution in [0.2, 0.25) is 0 Å². The van der Waals surface area contributed by atoms with Crippen LogP contribution in [0.4, 0.5) is 0 Å². The van der Waals surface area contributed by atoms with Crippen LogP contribution in [0.25, 0.3) is 27.8 Å². The molecule has 3 heterocycles. The number of amides is 1. The van der Waals surface area contributed by atoms with E-state index < -0.39 is 5.56 Å². The summed E-state index contributed by atoms with van der Waals surface area (Å²) in [5.41, 5.74) is 7.26. The fourth-order valence-corrected chi connectivity index (χ4v) is 3.68. The smallest absolute Gasteiger partial charge is 0.267 e. The van der Waals surface area contributed by atoms with Gasteiger partial charge in [-0.1, -0.05) is 48.5 Å². The Bertz CT molecular complexity index is 1520. The number of hydrogen-bond donors (Lipinski definition) is 1. The normalized spacial score (nSPS) is 11.2. The van der Waals surface area contributed by atoms with Gasteiger partial charge in [-0.25, -0.2) is 9.19 Å². The van der Waals surface area contributed by atoms with Crippen molar-refractivity contribution in [3.63, 3.8) is 0 Å². The maximum atomic E-state index is 13.0. The van der Waals surface area contributed by atoms with Crippen molar-refractivity contribution in [2.45, 2.75) is 13.8 Å². The Hall–Kier alpha value is -4.33. The molecule has 8 nitrogen and oxygen atoms in total. The molecule has 8 heteroatoms. The number of hydrogen-bond acceptors (Lipinski definition) is 5. The first-order valence-electron chi connectivity index (χ1n) is 9.74. The Morgan fingerprint density at radius 3 is 2.45 bits per heavy atom. The number of carbonyl (C=O) groups excluding carboxylic acids is 1. The summed E-state index contributed by atoms with van der Waals surface area (Å²) in [4.78, 5) is 25.6. The summed E-state index contributed by atoms with van der Waals surface area (Å²) in [7, 11) is 0. The minimum Gasteiger partial charge on any atom is -0.267 e. The number of aryl methyl sites for hydroxylation is 2. The molecule has 0 aliphatic rings. The number of nitrogens with one attached hydrogen (secondary N) is 1. The third-order valence-corrected chi connectivity index (χ3v) is 5.23. The molecule has 0 saturated heterocycles. The molecule has 5 rings (SSSR count). The van der Waals surface area contributed by atoms with Crippen molar-refractivity contribution in [1.82, 2.24) is 24.5 Å². The maximum absolute atomic E-state index is 13.0. The van der Waals surface area contributed by atoms with Crippen LogP contribution in [0.3, 0.4) is 0 Å². The number of carbonyl (C=O) groups is 1. The first-order chi connectivity index (χ1) is 15.0. The minimum absolute atomic E-state index is 0.113. The molecule has 152 valence electrons. The van der Waals surface area contributed by atoms with Crippen LogP contribution in [0, 0.1) is 13.8 Å². The number of fused-ring (bicyclic) bond motifs is 3. The predicted molar refractivity (Wildman–Crippen MR) is 118 cm³/mol. The van der Waals surface area contributed by atoms with Gasteiger partial charge in [-0.3, -0.25) is 15.0 Å². The van der Waals surface area contributed by atoms with E-state index in [1.807, 2.05) is 56.3 Å². The fourth-order valence-electron chi connectivity index (χ4n) is 3.68. The van der Waals surface area contributed by atoms with E-state index in [0.717, 1.165) is 27.1 Å². The monoisotopic (exact) mass is 410 g/mol. The molecule has 0 atom stereocenters. The number of benzene rings is 2. The zero-order valence-corrected chi connectivity index (χ0v) is 16.9. The average molecular weight is 410 g/mol. The largest absolute Gasteiger partial charge is 0.299 e. The number of aromatic nitrogens is 5. The lowest BCUT2D eigenvalue weighted by atomic mass is 10.1. The Morgan fingerprint density at radius 1 is 0.935 bits per heavy atom. The number of rotatable bonds is 3. The van der Waals surface area contributed by atoms with Crippen LogP contribution >= 0.6 is 0 Å². The molecule has 1 amide bonds. The zero-order valence-electron chi connectivity index (χ0n) is 16.9. The van der Waals surface area contributed by atoms with Crippen molar-refractivity contribution in [2.24, 2.45) is 0 Å². The van der Waals surface area contributed by atoms with E-state index in [1.165, 1.54) is 6.20 Å². The van der Waals surface area contributed by atoms with E-state index in [1.54, 1.807) is 22.7 Å². The maximum Gasteiger partial charge on any atom is 0.299 e. The van der Waals surface area contributed by atoms with Crippen molar-refractivity contribution in [1.29, 1.82) is 0 Å². The summed E-state index contributed by atoms with van der Waals surface area (Å²) >= 11 is 0. The topological polar surface area (TPSA) is 94.2 Å². The van der Waals surface area contributed by atoms with Crippen molar-refractivity contribution in [2.75, 3.05) is 5.43 Å². The van der Waals surface area contributed by atoms with Gasteiger partial charge < -0.3 is 0 Å². The van der Waals surface area contributed by atoms with Gasteiger partial charge in [0, 0.05) is 11.8 Å². The second-order valence-corrected chi connectivity index (χ2v) is 7.24. The fraction of sp³-hybridized carbons (Fsp3) is 0.0870. The van der Waals surface area contributed by atoms with E-state index in [-0.39, 0.29) is 11.4 Å². The third kappa shape index (κ3) is 3.05. The Morgan fingerprint density at radius 2 is 1.68 bits per heavy atom. The summed E-state index contributed by atoms with van der Waals surface area (Å²) in [6.07, 6.45) is 1.50. The molecule has 1 N–H and O–H groups in total. The highest BCUT2D eigenvalue weighted by Crippen LogP contribution is 2.27. The molecule has 0 fully saturated rings. The minimum atomic E-state index is -0.483. The first kappa shape index (κ1) is 18.7. The molecule has 0 radical (unpaired) electrons. The van der Waals surface area contributed by atoms with E-state index in [4.69, 9.17) is 0 Å². The highest BCUT2D eigenvalue weighted by atomic mass is 16.2. The van der Waals surface area contributed by atoms with Crippen molar-refractivity contribution < 1.29 is 4.79 Å². The lowest BCUT2D eigenvalue weighted by Gasteiger charge is -2.10. The van der Waals surface area contributed by atoms with Crippen molar-refractivity contribution >= 4 is 22.6 Å². The third-order valence-electron chi connectivity index (χ3n) is 5.23. The van der Waals surface area contributed by atoms with Crippen molar-refractivity contribution in [3.05, 3.63) is 94.0 Å². The molecule has 0 unspecified atom stereocenters. The number of nitrogens with zero attached hydrogens (tertiary/aromatic N) is 5. The SMILES string of the molecule is Cc1ccccc1C(=O)Nn1ccc2c(nnc3c(-c4ccccc4)c(C)nn32)c1=O. The second kappa shape index (κ2) is 7.17. The van der Waals surface area contributed by atoms with Crippen LogP contribution in [0.5, 0.6) is 0 Å². The standard InChI is InChI=1S/C23H18N6O2/c1-14-8-6-7-11-17(14)22(30)27-28-13-12-18-20(23(28)31)24-25-21-19(15(2)26-29(18)21)16-9-4-3-5-10-16/h3-13H,1-2H3,(H,27,30). The van der Waals surface area contributed by atoms with Crippen LogP contribution in [-0.4, -0.2) is 30.4 Å². The van der Waals surface area contributed by atoms with E-state index in [9.17, 15) is 9.59 Å². The predicted octanol–water partition coefficient (Wildman–Crippen LogP) is 3.11. The highest BCUT2D eigenvalue weighted by Gasteiger charge is 2.18. The zero-order chi connectivity index (χ0) is 21.5. The molecule has 5 aromatic rings. The molecule has 0 aliphatic heterocycles. The molecular formula is C23H18N6O2. The lowest BCUT2D eigenvalue weighted by Crippen LogP contribution is -2.33. The summed E-state index contributed by atoms with van der Waals surface area (Å²) in [6, 6.07) is 18.7. The van der Waals surface area contributed by atoms with Crippen LogP contribution in [-0.2, 0) is 0 Å². The van der Waals surface area contributed by atoms with E-state index in [2.05, 4.69) is 20.7 Å². The highest BCUT2D eigenvalue weighted by molar-refractivity contribution is 6.01. The molecule has 0 bridgehead atoms. The van der Waals surface area contributed by atoms with Crippen LogP contribution < -0.4 is 11.0 Å². The van der Waals surface area contributed by atoms with Gasteiger partial charge in [-0.2, -0.15) is 5.10 Å². The second-order valence-electron chi connectivity index (χ2n) is 7.24. The van der Waals surface area contributed by atoms with Gasteiger partial charge >= 0.3 is 0 Å². The van der Waals surface area contributed by atoms with Crippen LogP contribution in [0.1, 0.15) is 21.6 Å².